The van der Waals surface area contributed by atoms with E-state index in [2.05, 4.69) is 9.97 Å². The van der Waals surface area contributed by atoms with Crippen LogP contribution >= 0.6 is 0 Å². The van der Waals surface area contributed by atoms with Crippen molar-refractivity contribution >= 4 is 22.2 Å². The molecule has 0 saturated heterocycles. The van der Waals surface area contributed by atoms with Crippen LogP contribution in [0.15, 0.2) is 60.9 Å². The Kier molecular flexibility index (Phi) is 6.33. The van der Waals surface area contributed by atoms with Gasteiger partial charge < -0.3 is 9.11 Å². The molecule has 0 fully saturated rings. The molecule has 158 valence electrons. The molecule has 0 aliphatic heterocycles. The molecule has 3 aromatic rings. The minimum absolute atomic E-state index is 0.400. The Morgan fingerprint density at radius 3 is 1.57 bits per heavy atom. The molecular formula is C22H22N2O4S2-2. The summed E-state index contributed by atoms with van der Waals surface area (Å²) in [6.07, 6.45) is 3.26. The summed E-state index contributed by atoms with van der Waals surface area (Å²) in [5, 5.41) is 0. The van der Waals surface area contributed by atoms with Crippen molar-refractivity contribution in [2.75, 3.05) is 0 Å². The van der Waals surface area contributed by atoms with E-state index >= 15 is 0 Å². The first-order valence-electron chi connectivity index (χ1n) is 9.27. The zero-order valence-electron chi connectivity index (χ0n) is 17.1. The molecule has 8 heteroatoms. The van der Waals surface area contributed by atoms with Crippen molar-refractivity contribution in [1.82, 2.24) is 9.97 Å². The summed E-state index contributed by atoms with van der Waals surface area (Å²) in [4.78, 5) is 8.92. The van der Waals surface area contributed by atoms with Crippen LogP contribution in [0.25, 0.3) is 22.5 Å². The first-order chi connectivity index (χ1) is 14.1. The van der Waals surface area contributed by atoms with Crippen molar-refractivity contribution in [2.45, 2.75) is 37.2 Å². The molecule has 2 aromatic carbocycles. The molecule has 0 aliphatic rings. The van der Waals surface area contributed by atoms with Crippen LogP contribution < -0.4 is 0 Å². The van der Waals surface area contributed by atoms with Gasteiger partial charge in [0, 0.05) is 23.5 Å². The van der Waals surface area contributed by atoms with Crippen molar-refractivity contribution in [1.29, 1.82) is 0 Å². The van der Waals surface area contributed by atoms with Crippen LogP contribution in [0.2, 0.25) is 0 Å². The highest BCUT2D eigenvalue weighted by molar-refractivity contribution is 7.80. The Bertz CT molecular complexity index is 1020. The zero-order chi connectivity index (χ0) is 22.1. The van der Waals surface area contributed by atoms with Crippen LogP contribution in [0, 0.1) is 0 Å². The predicted octanol–water partition coefficient (Wildman–Crippen LogP) is 4.04. The lowest BCUT2D eigenvalue weighted by Crippen LogP contribution is -2.24. The summed E-state index contributed by atoms with van der Waals surface area (Å²) in [5.74, 6) is 0.400. The normalized spacial score (nSPS) is 14.3. The maximum Gasteiger partial charge on any atom is 0.159 e. The smallest absolute Gasteiger partial charge is 0.159 e. The largest absolute Gasteiger partial charge is 0.772 e. The second-order valence-electron chi connectivity index (χ2n) is 7.88. The first-order valence-corrected chi connectivity index (χ1v) is 11.4. The molecule has 0 bridgehead atoms. The third-order valence-corrected chi connectivity index (χ3v) is 7.29. The van der Waals surface area contributed by atoms with Gasteiger partial charge in [-0.3, -0.25) is 8.42 Å². The van der Waals surface area contributed by atoms with E-state index in [0.29, 0.717) is 28.1 Å². The molecule has 3 rings (SSSR count). The van der Waals surface area contributed by atoms with Crippen LogP contribution in [0.5, 0.6) is 0 Å². The minimum atomic E-state index is -2.33. The Balaban J connectivity index is 2.08. The lowest BCUT2D eigenvalue weighted by molar-refractivity contribution is 0.499. The zero-order valence-corrected chi connectivity index (χ0v) is 18.8. The molecular weight excluding hydrogens is 420 g/mol. The lowest BCUT2D eigenvalue weighted by Gasteiger charge is -2.30. The van der Waals surface area contributed by atoms with Crippen LogP contribution in [-0.4, -0.2) is 27.5 Å². The van der Waals surface area contributed by atoms with E-state index in [9.17, 15) is 17.5 Å². The van der Waals surface area contributed by atoms with E-state index in [1.54, 1.807) is 76.5 Å². The molecule has 0 saturated carbocycles. The highest BCUT2D eigenvalue weighted by atomic mass is 32.2. The molecule has 6 nitrogen and oxygen atoms in total. The Morgan fingerprint density at radius 2 is 1.10 bits per heavy atom. The molecule has 30 heavy (non-hydrogen) atoms. The maximum absolute atomic E-state index is 11.7. The maximum atomic E-state index is 11.7. The number of nitrogens with zero attached hydrogens (tertiary/aromatic N) is 2. The Hall–Kier alpha value is -2.26. The number of aromatic nitrogens is 2. The lowest BCUT2D eigenvalue weighted by atomic mass is 9.93. The molecule has 0 spiro atoms. The summed E-state index contributed by atoms with van der Waals surface area (Å²) < 4.78 is 44.8. The van der Waals surface area contributed by atoms with Gasteiger partial charge in [0.25, 0.3) is 0 Å². The second kappa shape index (κ2) is 8.47. The first kappa shape index (κ1) is 22.4. The van der Waals surface area contributed by atoms with Crippen molar-refractivity contribution in [3.8, 4) is 22.5 Å². The third kappa shape index (κ3) is 4.13. The average molecular weight is 443 g/mol. The van der Waals surface area contributed by atoms with Crippen molar-refractivity contribution < 1.29 is 17.5 Å². The number of rotatable bonds is 6. The standard InChI is InChI=1S/C22H24N2O4S2/c1-21(2,29(25)26)18-11-7-5-9-16(18)15-13-23-20(24-14-15)17-10-6-8-12-19(17)22(3,4)30(27)28/h5-14H,1-4H3,(H,25,26)(H,27,28)/p-2. The summed E-state index contributed by atoms with van der Waals surface area (Å²) in [6, 6.07) is 14.4. The highest BCUT2D eigenvalue weighted by Gasteiger charge is 2.27. The van der Waals surface area contributed by atoms with Crippen LogP contribution in [0.4, 0.5) is 0 Å². The fourth-order valence-electron chi connectivity index (χ4n) is 3.25. The number of hydrogen-bond acceptors (Lipinski definition) is 6. The monoisotopic (exact) mass is 442 g/mol. The average Bonchev–Trinajstić information content (AvgIpc) is 2.73. The van der Waals surface area contributed by atoms with E-state index in [0.717, 1.165) is 5.56 Å². The predicted molar refractivity (Wildman–Crippen MR) is 117 cm³/mol. The molecule has 2 atom stereocenters. The van der Waals surface area contributed by atoms with Crippen LogP contribution in [-0.2, 0) is 31.7 Å². The third-order valence-electron chi connectivity index (χ3n) is 5.19. The van der Waals surface area contributed by atoms with Gasteiger partial charge in [-0.05, 0) is 66.5 Å². The summed E-state index contributed by atoms with van der Waals surface area (Å²) in [6.45, 7) is 6.55. The van der Waals surface area contributed by atoms with Gasteiger partial charge in [-0.25, -0.2) is 9.97 Å². The van der Waals surface area contributed by atoms with Gasteiger partial charge >= 0.3 is 0 Å². The highest BCUT2D eigenvalue weighted by Crippen LogP contribution is 2.36. The Labute approximate surface area is 181 Å². The van der Waals surface area contributed by atoms with E-state index in [-0.39, 0.29) is 0 Å². The van der Waals surface area contributed by atoms with E-state index in [1.165, 1.54) is 0 Å². The number of hydrogen-bond donors (Lipinski definition) is 0. The molecule has 1 aromatic heterocycles. The van der Waals surface area contributed by atoms with Gasteiger partial charge in [0.2, 0.25) is 0 Å². The topological polar surface area (TPSA) is 106 Å². The molecule has 0 amide bonds. The van der Waals surface area contributed by atoms with Crippen LogP contribution in [0.1, 0.15) is 38.8 Å². The summed E-state index contributed by atoms with van der Waals surface area (Å²) in [7, 11) is 0. The SMILES string of the molecule is CC(C)(c1ccccc1-c1cnc(-c2ccccc2C(C)(C)S(=O)[O-])nc1)S(=O)[O-]. The number of benzene rings is 2. The summed E-state index contributed by atoms with van der Waals surface area (Å²) in [5.41, 5.74) is 3.30. The molecule has 2 unspecified atom stereocenters. The van der Waals surface area contributed by atoms with E-state index in [4.69, 9.17) is 0 Å². The quantitative estimate of drug-likeness (QED) is 0.533. The van der Waals surface area contributed by atoms with Crippen LogP contribution in [0.3, 0.4) is 0 Å². The van der Waals surface area contributed by atoms with Gasteiger partial charge in [0.15, 0.2) is 5.82 Å². The van der Waals surface area contributed by atoms with E-state index < -0.39 is 31.7 Å². The van der Waals surface area contributed by atoms with Gasteiger partial charge in [-0.15, -0.1) is 0 Å². The molecule has 0 aliphatic carbocycles. The Morgan fingerprint density at radius 1 is 0.700 bits per heavy atom. The summed E-state index contributed by atoms with van der Waals surface area (Å²) >= 11 is -4.64. The molecule has 0 radical (unpaired) electrons. The second-order valence-corrected chi connectivity index (χ2v) is 10.9. The van der Waals surface area contributed by atoms with Gasteiger partial charge in [0.05, 0.1) is 9.49 Å². The van der Waals surface area contributed by atoms with Gasteiger partial charge in [-0.1, -0.05) is 48.5 Å². The van der Waals surface area contributed by atoms with Crippen molar-refractivity contribution in [3.05, 3.63) is 72.1 Å². The minimum Gasteiger partial charge on any atom is -0.772 e. The molecule has 1 heterocycles. The van der Waals surface area contributed by atoms with Gasteiger partial charge in [0.1, 0.15) is 0 Å². The van der Waals surface area contributed by atoms with E-state index in [1.807, 2.05) is 12.1 Å². The van der Waals surface area contributed by atoms with Gasteiger partial charge in [-0.2, -0.15) is 0 Å². The van der Waals surface area contributed by atoms with Crippen molar-refractivity contribution in [2.24, 2.45) is 0 Å². The molecule has 0 N–H and O–H groups in total. The fourth-order valence-corrected chi connectivity index (χ4v) is 3.96. The van der Waals surface area contributed by atoms with Crippen molar-refractivity contribution in [3.63, 3.8) is 0 Å². The fraction of sp³-hybridized carbons (Fsp3) is 0.273.